The third-order valence-electron chi connectivity index (χ3n) is 7.88. The second-order valence-corrected chi connectivity index (χ2v) is 14.0. The number of aliphatic hydroxyl groups is 2. The molecule has 0 aliphatic carbocycles. The van der Waals surface area contributed by atoms with Gasteiger partial charge in [-0.2, -0.15) is 19.9 Å². The summed E-state index contributed by atoms with van der Waals surface area (Å²) in [5.74, 6) is 3.91. The maximum absolute atomic E-state index is 13.3. The predicted octanol–water partition coefficient (Wildman–Crippen LogP) is -1.61. The molecule has 7 rings (SSSR count). The third-order valence-corrected chi connectivity index (χ3v) is 9.85. The summed E-state index contributed by atoms with van der Waals surface area (Å²) in [6.07, 6.45) is -0.0213. The van der Waals surface area contributed by atoms with Crippen LogP contribution in [0.2, 0.25) is 0 Å². The molecule has 7 heterocycles. The lowest BCUT2D eigenvalue weighted by Crippen LogP contribution is -2.39. The summed E-state index contributed by atoms with van der Waals surface area (Å²) in [5.41, 5.74) is 11.8. The SMILES string of the molecule is C#CCOc1nc(N)nc2c1ncn2[C@@H]1O[C@@H]2COP(=O)(O)O[C@H]3[C@@H](O)[C@H](n4cnc5c(OCC#C)nc(N)nc54)O[C@@H]3COP(=O)(O)O[C@H]2[C@H]1O. The summed E-state index contributed by atoms with van der Waals surface area (Å²) < 4.78 is 72.5. The number of ether oxygens (including phenoxy) is 4. The van der Waals surface area contributed by atoms with Crippen LogP contribution in [-0.4, -0.2) is 122 Å². The second kappa shape index (κ2) is 13.8. The van der Waals surface area contributed by atoms with Gasteiger partial charge >= 0.3 is 15.6 Å². The summed E-state index contributed by atoms with van der Waals surface area (Å²) in [7, 11) is -10.2. The number of phosphoric ester groups is 2. The maximum Gasteiger partial charge on any atom is 0.472 e. The number of imidazole rings is 2. The van der Waals surface area contributed by atoms with E-state index in [-0.39, 0.29) is 59.2 Å². The zero-order valence-electron chi connectivity index (χ0n) is 26.3. The number of nitrogen functional groups attached to an aromatic ring is 2. The molecule has 3 aliphatic heterocycles. The van der Waals surface area contributed by atoms with Crippen LogP contribution in [0.15, 0.2) is 12.7 Å². The van der Waals surface area contributed by atoms with Crippen LogP contribution in [0.25, 0.3) is 22.3 Å². The Balaban J connectivity index is 1.15. The lowest BCUT2D eigenvalue weighted by Gasteiger charge is -2.27. The Morgan fingerprint density at radius 2 is 1.17 bits per heavy atom. The first-order valence-electron chi connectivity index (χ1n) is 14.9. The second-order valence-electron chi connectivity index (χ2n) is 11.2. The molecule has 4 aromatic heterocycles. The number of nitrogens with two attached hydrogens (primary N) is 2. The fourth-order valence-corrected chi connectivity index (χ4v) is 7.67. The Labute approximate surface area is 291 Å². The molecule has 52 heavy (non-hydrogen) atoms. The molecule has 24 nitrogen and oxygen atoms in total. The van der Waals surface area contributed by atoms with Crippen molar-refractivity contribution in [3.05, 3.63) is 12.7 Å². The monoisotopic (exact) mass is 766 g/mol. The van der Waals surface area contributed by atoms with Crippen molar-refractivity contribution in [1.82, 2.24) is 39.0 Å². The molecule has 3 saturated heterocycles. The molecule has 0 radical (unpaired) electrons. The number of hydrogen-bond acceptors (Lipinski definition) is 20. The highest BCUT2D eigenvalue weighted by Crippen LogP contribution is 2.53. The largest absolute Gasteiger partial charge is 0.472 e. The van der Waals surface area contributed by atoms with Crippen LogP contribution in [-0.2, 0) is 36.7 Å². The Kier molecular flexibility index (Phi) is 9.51. The summed E-state index contributed by atoms with van der Waals surface area (Å²) in [4.78, 5) is 46.0. The summed E-state index contributed by atoms with van der Waals surface area (Å²) in [6, 6.07) is 0. The topological polar surface area (TPSA) is 328 Å². The number of fused-ring (bicyclic) bond motifs is 4. The molecule has 0 saturated carbocycles. The highest BCUT2D eigenvalue weighted by atomic mass is 31.2. The number of aliphatic hydroxyl groups excluding tert-OH is 2. The lowest BCUT2D eigenvalue weighted by molar-refractivity contribution is -0.0664. The number of hydrogen-bond donors (Lipinski definition) is 6. The van der Waals surface area contributed by atoms with Crippen LogP contribution in [0.1, 0.15) is 12.5 Å². The van der Waals surface area contributed by atoms with Crippen LogP contribution >= 0.6 is 15.6 Å². The minimum absolute atomic E-state index is 0.00561. The van der Waals surface area contributed by atoms with Gasteiger partial charge in [-0.1, -0.05) is 11.8 Å². The molecule has 0 bridgehead atoms. The van der Waals surface area contributed by atoms with Crippen molar-refractivity contribution in [2.75, 3.05) is 37.9 Å². The number of anilines is 2. The van der Waals surface area contributed by atoms with Gasteiger partial charge in [0.05, 0.1) is 25.9 Å². The van der Waals surface area contributed by atoms with Gasteiger partial charge in [-0.25, -0.2) is 19.1 Å². The van der Waals surface area contributed by atoms with E-state index < -0.39 is 77.9 Å². The first-order valence-corrected chi connectivity index (χ1v) is 17.9. The van der Waals surface area contributed by atoms with Gasteiger partial charge in [0.25, 0.3) is 0 Å². The van der Waals surface area contributed by atoms with Gasteiger partial charge in [0.2, 0.25) is 23.7 Å². The van der Waals surface area contributed by atoms with Crippen LogP contribution in [0.3, 0.4) is 0 Å². The minimum Gasteiger partial charge on any atom is -0.463 e. The first kappa shape index (κ1) is 35.9. The molecule has 0 aromatic carbocycles. The number of terminal acetylenes is 2. The molecule has 2 unspecified atom stereocenters. The third kappa shape index (κ3) is 6.75. The fourth-order valence-electron chi connectivity index (χ4n) is 5.74. The molecular weight excluding hydrogens is 738 g/mol. The van der Waals surface area contributed by atoms with E-state index in [9.17, 15) is 29.1 Å². The van der Waals surface area contributed by atoms with E-state index in [2.05, 4.69) is 41.7 Å². The predicted molar refractivity (Wildman–Crippen MR) is 169 cm³/mol. The smallest absolute Gasteiger partial charge is 0.463 e. The van der Waals surface area contributed by atoms with E-state index in [1.807, 2.05) is 0 Å². The number of rotatable bonds is 6. The number of aromatic nitrogens is 8. The summed E-state index contributed by atoms with van der Waals surface area (Å²) >= 11 is 0. The van der Waals surface area contributed by atoms with Crippen LogP contribution in [0.5, 0.6) is 11.8 Å². The molecule has 8 N–H and O–H groups in total. The van der Waals surface area contributed by atoms with Gasteiger partial charge in [0.15, 0.2) is 48.0 Å². The van der Waals surface area contributed by atoms with Crippen LogP contribution in [0.4, 0.5) is 11.9 Å². The van der Waals surface area contributed by atoms with Crippen molar-refractivity contribution < 1.29 is 66.2 Å². The van der Waals surface area contributed by atoms with E-state index in [4.69, 9.17) is 61.4 Å². The molecular formula is C26H28N10O14P2. The Hall–Kier alpha value is -4.52. The molecule has 26 heteroatoms. The van der Waals surface area contributed by atoms with Crippen molar-refractivity contribution in [3.8, 4) is 36.4 Å². The molecule has 0 amide bonds. The van der Waals surface area contributed by atoms with E-state index in [0.717, 1.165) is 0 Å². The van der Waals surface area contributed by atoms with E-state index in [1.165, 1.54) is 21.8 Å². The molecule has 0 spiro atoms. The molecule has 3 aliphatic rings. The Bertz CT molecular complexity index is 2040. The van der Waals surface area contributed by atoms with Crippen molar-refractivity contribution in [1.29, 1.82) is 0 Å². The number of nitrogens with zero attached hydrogens (tertiary/aromatic N) is 8. The van der Waals surface area contributed by atoms with Gasteiger partial charge < -0.3 is 50.4 Å². The number of phosphoric acid groups is 2. The van der Waals surface area contributed by atoms with Crippen LogP contribution in [0, 0.1) is 24.7 Å². The van der Waals surface area contributed by atoms with Gasteiger partial charge in [-0.15, -0.1) is 12.8 Å². The van der Waals surface area contributed by atoms with Gasteiger partial charge in [0, 0.05) is 0 Å². The van der Waals surface area contributed by atoms with E-state index >= 15 is 0 Å². The molecule has 4 aromatic rings. The molecule has 10 atom stereocenters. The summed E-state index contributed by atoms with van der Waals surface area (Å²) in [5, 5.41) is 22.6. The van der Waals surface area contributed by atoms with Gasteiger partial charge in [-0.05, 0) is 0 Å². The Morgan fingerprint density at radius 3 is 1.56 bits per heavy atom. The van der Waals surface area contributed by atoms with Crippen molar-refractivity contribution in [3.63, 3.8) is 0 Å². The van der Waals surface area contributed by atoms with Crippen LogP contribution < -0.4 is 20.9 Å². The summed E-state index contributed by atoms with van der Waals surface area (Å²) in [6.45, 7) is -2.06. The maximum atomic E-state index is 13.3. The zero-order valence-corrected chi connectivity index (χ0v) is 28.0. The molecule has 3 fully saturated rings. The van der Waals surface area contributed by atoms with Gasteiger partial charge in [-0.3, -0.25) is 27.2 Å². The quantitative estimate of drug-likeness (QED) is 0.0949. The highest BCUT2D eigenvalue weighted by molar-refractivity contribution is 7.47. The lowest BCUT2D eigenvalue weighted by atomic mass is 10.1. The zero-order chi connectivity index (χ0) is 36.9. The standard InChI is InChI=1S/C26H28N10O14P2/c1-3-5-43-21-13-19(31-25(27)33-21)35(9-29-13)23-15(37)17-11(47-23)7-45-52(41,42)50-18-12(8-46-51(39,40)49-17)48-24(16(18)38)36-10-30-14-20(36)32-26(28)34-22(14)44-6-4-2/h1-2,9-12,15-18,23-24,37-38H,5-8H2,(H,39,40)(H,41,42)(H2,27,31,33)(H2,28,32,34)/t11-,12-,15-,16-,17-,18-,23-,24-/m1/s1. The van der Waals surface area contributed by atoms with Crippen molar-refractivity contribution in [2.24, 2.45) is 0 Å². The normalized spacial score (nSPS) is 33.7. The van der Waals surface area contributed by atoms with Gasteiger partial charge in [0.1, 0.15) is 36.6 Å². The molecule has 276 valence electrons. The van der Waals surface area contributed by atoms with Crippen molar-refractivity contribution >= 4 is 49.9 Å². The first-order chi connectivity index (χ1) is 24.8. The fraction of sp³-hybridized carbons (Fsp3) is 0.462. The van der Waals surface area contributed by atoms with E-state index in [0.29, 0.717) is 0 Å². The Morgan fingerprint density at radius 1 is 0.769 bits per heavy atom. The van der Waals surface area contributed by atoms with Crippen molar-refractivity contribution in [2.45, 2.75) is 49.1 Å². The minimum atomic E-state index is -5.11. The average Bonchev–Trinajstić information content (AvgIpc) is 3.85. The van der Waals surface area contributed by atoms with E-state index in [1.54, 1.807) is 0 Å². The highest BCUT2D eigenvalue weighted by Gasteiger charge is 2.54. The average molecular weight is 767 g/mol.